The van der Waals surface area contributed by atoms with Crippen molar-refractivity contribution in [3.8, 4) is 11.5 Å². The molecule has 0 unspecified atom stereocenters. The number of nitrogens with one attached hydrogen (secondary N) is 2. The molecule has 3 aromatic rings. The largest absolute Gasteiger partial charge is 0.451 e. The minimum atomic E-state index is -1.11. The molecule has 39 heavy (non-hydrogen) atoms. The maximum absolute atomic E-state index is 13.8. The van der Waals surface area contributed by atoms with Crippen molar-refractivity contribution in [2.45, 2.75) is 70.2 Å². The fourth-order valence-corrected chi connectivity index (χ4v) is 5.97. The second kappa shape index (κ2) is 9.81. The maximum Gasteiger partial charge on any atom is 0.307 e. The van der Waals surface area contributed by atoms with Gasteiger partial charge in [-0.2, -0.15) is 5.10 Å². The highest BCUT2D eigenvalue weighted by Crippen LogP contribution is 2.52. The van der Waals surface area contributed by atoms with Gasteiger partial charge in [0.1, 0.15) is 11.8 Å². The molecule has 2 aliphatic heterocycles. The summed E-state index contributed by atoms with van der Waals surface area (Å²) < 4.78 is 5.76. The lowest BCUT2D eigenvalue weighted by Crippen LogP contribution is -2.53. The van der Waals surface area contributed by atoms with Crippen molar-refractivity contribution in [2.75, 3.05) is 0 Å². The van der Waals surface area contributed by atoms with Crippen LogP contribution in [0, 0.1) is 13.8 Å². The van der Waals surface area contributed by atoms with Gasteiger partial charge in [-0.05, 0) is 82.0 Å². The first-order chi connectivity index (χ1) is 18.4. The van der Waals surface area contributed by atoms with Crippen LogP contribution < -0.4 is 15.6 Å². The van der Waals surface area contributed by atoms with Crippen LogP contribution in [0.25, 0.3) is 0 Å². The molecule has 3 N–H and O–H groups in total. The zero-order chi connectivity index (χ0) is 28.1. The summed E-state index contributed by atoms with van der Waals surface area (Å²) in [6.45, 7) is 6.93. The first-order valence-electron chi connectivity index (χ1n) is 12.9. The van der Waals surface area contributed by atoms with Gasteiger partial charge in [0.15, 0.2) is 5.75 Å². The SMILES string of the molecule is Cc1cc(Oc2ccc(C(=O)N[C@H]3C[C@@]4(c5ccc(Cl)cc5)CC[C@H](C(C)(C)O)N4C3=O)cc2C)c(=O)[nH]n1. The van der Waals surface area contributed by atoms with Crippen LogP contribution in [0.5, 0.6) is 11.5 Å². The number of fused-ring (bicyclic) bond motifs is 1. The number of halogens is 1. The zero-order valence-electron chi connectivity index (χ0n) is 22.2. The predicted octanol–water partition coefficient (Wildman–Crippen LogP) is 3.99. The lowest BCUT2D eigenvalue weighted by atomic mass is 9.85. The van der Waals surface area contributed by atoms with Gasteiger partial charge >= 0.3 is 5.56 Å². The van der Waals surface area contributed by atoms with Crippen molar-refractivity contribution in [3.05, 3.63) is 86.3 Å². The summed E-state index contributed by atoms with van der Waals surface area (Å²) in [4.78, 5) is 40.9. The topological polar surface area (TPSA) is 125 Å². The van der Waals surface area contributed by atoms with E-state index in [4.69, 9.17) is 16.3 Å². The van der Waals surface area contributed by atoms with E-state index >= 15 is 0 Å². The molecular formula is C29H31ClN4O5. The van der Waals surface area contributed by atoms with E-state index < -0.39 is 28.6 Å². The van der Waals surface area contributed by atoms with Crippen LogP contribution >= 0.6 is 11.6 Å². The molecule has 2 amide bonds. The Kier molecular flexibility index (Phi) is 6.76. The molecule has 1 aromatic heterocycles. The van der Waals surface area contributed by atoms with Crippen LogP contribution in [0.15, 0.2) is 53.3 Å². The first kappa shape index (κ1) is 26.9. The molecule has 2 aromatic carbocycles. The van der Waals surface area contributed by atoms with Crippen LogP contribution in [0.3, 0.4) is 0 Å². The monoisotopic (exact) mass is 550 g/mol. The molecule has 2 fully saturated rings. The third-order valence-electron chi connectivity index (χ3n) is 7.74. The number of benzene rings is 2. The van der Waals surface area contributed by atoms with E-state index in [2.05, 4.69) is 15.5 Å². The number of ether oxygens (including phenoxy) is 1. The molecular weight excluding hydrogens is 520 g/mol. The lowest BCUT2D eigenvalue weighted by molar-refractivity contribution is -0.138. The molecule has 2 saturated heterocycles. The summed E-state index contributed by atoms with van der Waals surface area (Å²) >= 11 is 6.13. The Hall–Kier alpha value is -3.69. The molecule has 9 nitrogen and oxygen atoms in total. The average molecular weight is 551 g/mol. The highest BCUT2D eigenvalue weighted by atomic mass is 35.5. The minimum absolute atomic E-state index is 0.105. The molecule has 0 saturated carbocycles. The van der Waals surface area contributed by atoms with Crippen LogP contribution in [-0.4, -0.2) is 49.7 Å². The maximum atomic E-state index is 13.8. The van der Waals surface area contributed by atoms with Crippen molar-refractivity contribution in [3.63, 3.8) is 0 Å². The molecule has 0 bridgehead atoms. The van der Waals surface area contributed by atoms with E-state index in [0.29, 0.717) is 46.9 Å². The quantitative estimate of drug-likeness (QED) is 0.426. The number of H-pyrrole nitrogens is 1. The Morgan fingerprint density at radius 3 is 2.54 bits per heavy atom. The average Bonchev–Trinajstić information content (AvgIpc) is 3.39. The molecule has 0 spiro atoms. The van der Waals surface area contributed by atoms with Gasteiger partial charge in [-0.15, -0.1) is 0 Å². The van der Waals surface area contributed by atoms with Gasteiger partial charge < -0.3 is 20.1 Å². The number of nitrogens with zero attached hydrogens (tertiary/aromatic N) is 2. The summed E-state index contributed by atoms with van der Waals surface area (Å²) in [7, 11) is 0. The van der Waals surface area contributed by atoms with Crippen LogP contribution in [-0.2, 0) is 10.3 Å². The van der Waals surface area contributed by atoms with E-state index in [9.17, 15) is 19.5 Å². The second-order valence-corrected chi connectivity index (χ2v) is 11.4. The number of amides is 2. The van der Waals surface area contributed by atoms with Crippen LogP contribution in [0.2, 0.25) is 5.02 Å². The summed E-state index contributed by atoms with van der Waals surface area (Å²) in [6, 6.07) is 12.7. The number of aliphatic hydroxyl groups is 1. The molecule has 3 heterocycles. The Balaban J connectivity index is 1.38. The molecule has 204 valence electrons. The number of hydrogen-bond acceptors (Lipinski definition) is 6. The van der Waals surface area contributed by atoms with Gasteiger partial charge in [0.05, 0.1) is 22.9 Å². The number of aryl methyl sites for hydroxylation is 2. The Bertz CT molecular complexity index is 1500. The van der Waals surface area contributed by atoms with Crippen molar-refractivity contribution in [2.24, 2.45) is 0 Å². The van der Waals surface area contributed by atoms with E-state index in [0.717, 1.165) is 5.56 Å². The van der Waals surface area contributed by atoms with E-state index in [-0.39, 0.29) is 17.7 Å². The molecule has 0 aliphatic carbocycles. The van der Waals surface area contributed by atoms with Gasteiger partial charge in [0.25, 0.3) is 5.91 Å². The van der Waals surface area contributed by atoms with E-state index in [1.807, 2.05) is 12.1 Å². The van der Waals surface area contributed by atoms with Gasteiger partial charge in [-0.25, -0.2) is 5.10 Å². The first-order valence-corrected chi connectivity index (χ1v) is 13.2. The summed E-state index contributed by atoms with van der Waals surface area (Å²) in [6.07, 6.45) is 1.70. The van der Waals surface area contributed by atoms with Gasteiger partial charge in [-0.1, -0.05) is 23.7 Å². The second-order valence-electron chi connectivity index (χ2n) is 11.0. The highest BCUT2D eigenvalue weighted by molar-refractivity contribution is 6.30. The fraction of sp³-hybridized carbons (Fsp3) is 0.379. The van der Waals surface area contributed by atoms with E-state index in [1.165, 1.54) is 6.07 Å². The minimum Gasteiger partial charge on any atom is -0.451 e. The molecule has 0 radical (unpaired) electrons. The van der Waals surface area contributed by atoms with Crippen LogP contribution in [0.4, 0.5) is 0 Å². The number of aromatic amines is 1. The Labute approximate surface area is 231 Å². The number of hydrogen-bond donors (Lipinski definition) is 3. The Morgan fingerprint density at radius 1 is 1.15 bits per heavy atom. The van der Waals surface area contributed by atoms with Crippen molar-refractivity contribution >= 4 is 23.4 Å². The van der Waals surface area contributed by atoms with E-state index in [1.54, 1.807) is 62.9 Å². The molecule has 5 rings (SSSR count). The summed E-state index contributed by atoms with van der Waals surface area (Å²) in [5.74, 6) is -0.0801. The number of aromatic nitrogens is 2. The third-order valence-corrected chi connectivity index (χ3v) is 7.99. The normalized spacial score (nSPS) is 22.6. The number of carbonyl (C=O) groups is 2. The van der Waals surface area contributed by atoms with Gasteiger partial charge in [0.2, 0.25) is 5.91 Å². The number of rotatable bonds is 6. The smallest absolute Gasteiger partial charge is 0.307 e. The van der Waals surface area contributed by atoms with Gasteiger partial charge in [0, 0.05) is 23.1 Å². The van der Waals surface area contributed by atoms with Crippen molar-refractivity contribution in [1.29, 1.82) is 0 Å². The Morgan fingerprint density at radius 2 is 1.87 bits per heavy atom. The van der Waals surface area contributed by atoms with Crippen LogP contribution in [0.1, 0.15) is 60.3 Å². The fourth-order valence-electron chi connectivity index (χ4n) is 5.85. The third kappa shape index (κ3) is 4.92. The summed E-state index contributed by atoms with van der Waals surface area (Å²) in [5.41, 5.74) is 0.332. The van der Waals surface area contributed by atoms with Crippen molar-refractivity contribution in [1.82, 2.24) is 20.4 Å². The van der Waals surface area contributed by atoms with Gasteiger partial charge in [-0.3, -0.25) is 14.4 Å². The molecule has 10 heteroatoms. The number of carbonyl (C=O) groups excluding carboxylic acids is 2. The zero-order valence-corrected chi connectivity index (χ0v) is 23.0. The standard InChI is InChI=1S/C29H31ClN4O5/c1-16-13-18(5-10-22(16)39-23-14-17(2)32-33-26(23)36)25(35)31-21-15-29(19-6-8-20(30)9-7-19)12-11-24(28(3,4)38)34(29)27(21)37/h5-10,13-14,21,24,38H,11-12,15H2,1-4H3,(H,31,35)(H,33,36)/t21-,24+,29+/m0/s1. The van der Waals surface area contributed by atoms with Crippen molar-refractivity contribution < 1.29 is 19.4 Å². The predicted molar refractivity (Wildman–Crippen MR) is 146 cm³/mol. The lowest BCUT2D eigenvalue weighted by Gasteiger charge is -2.39. The highest BCUT2D eigenvalue weighted by Gasteiger charge is 2.60. The molecule has 3 atom stereocenters. The summed E-state index contributed by atoms with van der Waals surface area (Å²) in [5, 5.41) is 20.6. The molecule has 2 aliphatic rings.